The number of halogens is 1. The third kappa shape index (κ3) is 3.51. The number of pyridine rings is 1. The van der Waals surface area contributed by atoms with Gasteiger partial charge in [0.15, 0.2) is 0 Å². The van der Waals surface area contributed by atoms with Gasteiger partial charge < -0.3 is 10.5 Å². The molecule has 0 atom stereocenters. The Morgan fingerprint density at radius 3 is 2.74 bits per heavy atom. The molecule has 0 aliphatic carbocycles. The van der Waals surface area contributed by atoms with Crippen molar-refractivity contribution in [2.45, 2.75) is 26.5 Å². The van der Waals surface area contributed by atoms with Crippen molar-refractivity contribution in [1.82, 2.24) is 4.98 Å². The SMILES string of the molecule is CCc1cc(CN)cc(OCc2ccccc2F)n1. The third-order valence-electron chi connectivity index (χ3n) is 2.85. The minimum atomic E-state index is -0.270. The van der Waals surface area contributed by atoms with Crippen LogP contribution in [0.1, 0.15) is 23.7 Å². The maximum absolute atomic E-state index is 13.5. The number of hydrogen-bond donors (Lipinski definition) is 1. The lowest BCUT2D eigenvalue weighted by Crippen LogP contribution is -2.04. The smallest absolute Gasteiger partial charge is 0.214 e. The molecule has 2 rings (SSSR count). The molecule has 0 saturated heterocycles. The fraction of sp³-hybridized carbons (Fsp3) is 0.267. The summed E-state index contributed by atoms with van der Waals surface area (Å²) in [6.07, 6.45) is 0.809. The average molecular weight is 260 g/mol. The number of benzene rings is 1. The molecule has 0 spiro atoms. The summed E-state index contributed by atoms with van der Waals surface area (Å²) in [7, 11) is 0. The summed E-state index contributed by atoms with van der Waals surface area (Å²) in [5.41, 5.74) is 8.04. The Morgan fingerprint density at radius 2 is 2.05 bits per heavy atom. The van der Waals surface area contributed by atoms with Crippen LogP contribution in [0.3, 0.4) is 0 Å². The zero-order chi connectivity index (χ0) is 13.7. The van der Waals surface area contributed by atoms with Gasteiger partial charge in [0.25, 0.3) is 0 Å². The topological polar surface area (TPSA) is 48.1 Å². The highest BCUT2D eigenvalue weighted by atomic mass is 19.1. The van der Waals surface area contributed by atoms with E-state index in [1.807, 2.05) is 13.0 Å². The van der Waals surface area contributed by atoms with Crippen molar-refractivity contribution in [2.24, 2.45) is 5.73 Å². The van der Waals surface area contributed by atoms with Gasteiger partial charge in [0.1, 0.15) is 12.4 Å². The first-order valence-electron chi connectivity index (χ1n) is 6.29. The van der Waals surface area contributed by atoms with Crippen molar-refractivity contribution in [1.29, 1.82) is 0 Å². The molecule has 1 aromatic heterocycles. The summed E-state index contributed by atoms with van der Waals surface area (Å²) in [5, 5.41) is 0. The highest BCUT2D eigenvalue weighted by molar-refractivity contribution is 5.26. The number of aryl methyl sites for hydroxylation is 1. The summed E-state index contributed by atoms with van der Waals surface area (Å²) >= 11 is 0. The van der Waals surface area contributed by atoms with Gasteiger partial charge in [0.05, 0.1) is 0 Å². The van der Waals surface area contributed by atoms with Crippen LogP contribution in [0.25, 0.3) is 0 Å². The quantitative estimate of drug-likeness (QED) is 0.899. The Kier molecular flexibility index (Phi) is 4.47. The lowest BCUT2D eigenvalue weighted by atomic mass is 10.2. The second-order valence-electron chi connectivity index (χ2n) is 4.24. The van der Waals surface area contributed by atoms with Crippen LogP contribution in [0.5, 0.6) is 5.88 Å². The Bertz CT molecular complexity index is 535. The second-order valence-corrected chi connectivity index (χ2v) is 4.24. The average Bonchev–Trinajstić information content (AvgIpc) is 2.46. The molecule has 1 aromatic carbocycles. The van der Waals surface area contributed by atoms with E-state index in [2.05, 4.69) is 4.98 Å². The molecule has 1 heterocycles. The summed E-state index contributed by atoms with van der Waals surface area (Å²) in [5.74, 6) is 0.219. The molecule has 0 saturated carbocycles. The maximum atomic E-state index is 13.5. The molecule has 19 heavy (non-hydrogen) atoms. The molecule has 0 unspecified atom stereocenters. The zero-order valence-electron chi connectivity index (χ0n) is 10.9. The molecule has 0 radical (unpaired) electrons. The van der Waals surface area contributed by atoms with E-state index in [9.17, 15) is 4.39 Å². The fourth-order valence-electron chi connectivity index (χ4n) is 1.76. The van der Waals surface area contributed by atoms with E-state index in [1.165, 1.54) is 6.07 Å². The first-order chi connectivity index (χ1) is 9.22. The monoisotopic (exact) mass is 260 g/mol. The Labute approximate surface area is 112 Å². The molecular formula is C15H17FN2O. The zero-order valence-corrected chi connectivity index (χ0v) is 10.9. The van der Waals surface area contributed by atoms with Crippen LogP contribution in [0.2, 0.25) is 0 Å². The Hall–Kier alpha value is -1.94. The largest absolute Gasteiger partial charge is 0.473 e. The standard InChI is InChI=1S/C15H17FN2O/c1-2-13-7-11(9-17)8-15(18-13)19-10-12-5-3-4-6-14(12)16/h3-8H,2,9-10,17H2,1H3. The maximum Gasteiger partial charge on any atom is 0.214 e. The second kappa shape index (κ2) is 6.29. The predicted molar refractivity (Wildman–Crippen MR) is 72.2 cm³/mol. The highest BCUT2D eigenvalue weighted by Crippen LogP contribution is 2.15. The first kappa shape index (κ1) is 13.5. The highest BCUT2D eigenvalue weighted by Gasteiger charge is 2.05. The van der Waals surface area contributed by atoms with Gasteiger partial charge in [-0.05, 0) is 24.1 Å². The van der Waals surface area contributed by atoms with Gasteiger partial charge in [0, 0.05) is 23.9 Å². The van der Waals surface area contributed by atoms with Crippen molar-refractivity contribution < 1.29 is 9.13 Å². The van der Waals surface area contributed by atoms with Crippen LogP contribution in [-0.4, -0.2) is 4.98 Å². The van der Waals surface area contributed by atoms with Crippen molar-refractivity contribution in [2.75, 3.05) is 0 Å². The Balaban J connectivity index is 2.13. The number of hydrogen-bond acceptors (Lipinski definition) is 3. The molecule has 0 aliphatic heterocycles. The van der Waals surface area contributed by atoms with Crippen LogP contribution in [0, 0.1) is 5.82 Å². The molecular weight excluding hydrogens is 243 g/mol. The minimum Gasteiger partial charge on any atom is -0.473 e. The summed E-state index contributed by atoms with van der Waals surface area (Å²) in [4.78, 5) is 4.34. The van der Waals surface area contributed by atoms with Crippen LogP contribution >= 0.6 is 0 Å². The van der Waals surface area contributed by atoms with Gasteiger partial charge in [-0.25, -0.2) is 9.37 Å². The van der Waals surface area contributed by atoms with E-state index in [-0.39, 0.29) is 12.4 Å². The van der Waals surface area contributed by atoms with Gasteiger partial charge in [-0.15, -0.1) is 0 Å². The first-order valence-corrected chi connectivity index (χ1v) is 6.29. The van der Waals surface area contributed by atoms with Crippen molar-refractivity contribution in [3.05, 3.63) is 59.0 Å². The van der Waals surface area contributed by atoms with E-state index in [0.717, 1.165) is 17.7 Å². The molecule has 2 aromatic rings. The van der Waals surface area contributed by atoms with E-state index < -0.39 is 0 Å². The van der Waals surface area contributed by atoms with Crippen LogP contribution < -0.4 is 10.5 Å². The number of nitrogens with two attached hydrogens (primary N) is 1. The van der Waals surface area contributed by atoms with Gasteiger partial charge in [-0.3, -0.25) is 0 Å². The van der Waals surface area contributed by atoms with E-state index >= 15 is 0 Å². The lowest BCUT2D eigenvalue weighted by Gasteiger charge is -2.09. The molecule has 2 N–H and O–H groups in total. The molecule has 4 heteroatoms. The third-order valence-corrected chi connectivity index (χ3v) is 2.85. The van der Waals surface area contributed by atoms with Crippen molar-refractivity contribution in [3.63, 3.8) is 0 Å². The van der Waals surface area contributed by atoms with Crippen LogP contribution in [-0.2, 0) is 19.6 Å². The Morgan fingerprint density at radius 1 is 1.26 bits per heavy atom. The van der Waals surface area contributed by atoms with Crippen LogP contribution in [0.15, 0.2) is 36.4 Å². The van der Waals surface area contributed by atoms with Gasteiger partial charge in [-0.2, -0.15) is 0 Å². The normalized spacial score (nSPS) is 10.5. The summed E-state index contributed by atoms with van der Waals surface area (Å²) in [6, 6.07) is 10.3. The number of aromatic nitrogens is 1. The van der Waals surface area contributed by atoms with Crippen LogP contribution in [0.4, 0.5) is 4.39 Å². The molecule has 0 amide bonds. The van der Waals surface area contributed by atoms with Crippen molar-refractivity contribution >= 4 is 0 Å². The molecule has 100 valence electrons. The molecule has 0 aliphatic rings. The number of ether oxygens (including phenoxy) is 1. The predicted octanol–water partition coefficient (Wildman–Crippen LogP) is 2.82. The number of rotatable bonds is 5. The molecule has 3 nitrogen and oxygen atoms in total. The number of nitrogens with zero attached hydrogens (tertiary/aromatic N) is 1. The minimum absolute atomic E-state index is 0.164. The van der Waals surface area contributed by atoms with Crippen molar-refractivity contribution in [3.8, 4) is 5.88 Å². The van der Waals surface area contributed by atoms with Gasteiger partial charge >= 0.3 is 0 Å². The fourth-order valence-corrected chi connectivity index (χ4v) is 1.76. The molecule has 0 bridgehead atoms. The van der Waals surface area contributed by atoms with Gasteiger partial charge in [0.2, 0.25) is 5.88 Å². The lowest BCUT2D eigenvalue weighted by molar-refractivity contribution is 0.287. The summed E-state index contributed by atoms with van der Waals surface area (Å²) < 4.78 is 19.0. The summed E-state index contributed by atoms with van der Waals surface area (Å²) in [6.45, 7) is 2.62. The van der Waals surface area contributed by atoms with E-state index in [0.29, 0.717) is 18.0 Å². The molecule has 0 fully saturated rings. The van der Waals surface area contributed by atoms with E-state index in [4.69, 9.17) is 10.5 Å². The van der Waals surface area contributed by atoms with E-state index in [1.54, 1.807) is 24.3 Å². The van der Waals surface area contributed by atoms with Gasteiger partial charge in [-0.1, -0.05) is 25.1 Å².